The van der Waals surface area contributed by atoms with Crippen LogP contribution in [0.25, 0.3) is 0 Å². The zero-order valence-electron chi connectivity index (χ0n) is 14.2. The summed E-state index contributed by atoms with van der Waals surface area (Å²) in [6.45, 7) is 3.49. The fourth-order valence-electron chi connectivity index (χ4n) is 3.12. The molecule has 2 rings (SSSR count). The summed E-state index contributed by atoms with van der Waals surface area (Å²) in [5.74, 6) is 0.366. The van der Waals surface area contributed by atoms with Crippen molar-refractivity contribution in [3.63, 3.8) is 0 Å². The van der Waals surface area contributed by atoms with E-state index in [0.29, 0.717) is 19.0 Å². The molecule has 0 bridgehead atoms. The molecule has 0 aromatic heterocycles. The summed E-state index contributed by atoms with van der Waals surface area (Å²) in [6, 6.07) is 8.99. The van der Waals surface area contributed by atoms with E-state index in [-0.39, 0.29) is 12.6 Å². The van der Waals surface area contributed by atoms with Gasteiger partial charge in [-0.2, -0.15) is 0 Å². The van der Waals surface area contributed by atoms with Crippen LogP contribution in [0.5, 0.6) is 0 Å². The van der Waals surface area contributed by atoms with Crippen molar-refractivity contribution < 1.29 is 14.3 Å². The first-order valence-corrected chi connectivity index (χ1v) is 8.60. The zero-order valence-corrected chi connectivity index (χ0v) is 14.2. The van der Waals surface area contributed by atoms with Crippen LogP contribution < -0.4 is 11.1 Å². The molecule has 1 aliphatic heterocycles. The fourth-order valence-corrected chi connectivity index (χ4v) is 3.12. The molecule has 0 spiro atoms. The van der Waals surface area contributed by atoms with Crippen LogP contribution in [-0.2, 0) is 11.3 Å². The zero-order chi connectivity index (χ0) is 17.4. The summed E-state index contributed by atoms with van der Waals surface area (Å²) >= 11 is 0. The van der Waals surface area contributed by atoms with Gasteiger partial charge in [-0.15, -0.1) is 0 Å². The second-order valence-electron chi connectivity index (χ2n) is 6.39. The number of primary amides is 1. The minimum Gasteiger partial charge on any atom is -0.445 e. The van der Waals surface area contributed by atoms with Gasteiger partial charge in [-0.25, -0.2) is 9.59 Å². The topological polar surface area (TPSA) is 84.7 Å². The van der Waals surface area contributed by atoms with Crippen molar-refractivity contribution in [1.82, 2.24) is 10.2 Å². The number of piperidine rings is 1. The number of amides is 3. The molecule has 1 heterocycles. The molecule has 6 nitrogen and oxygen atoms in total. The van der Waals surface area contributed by atoms with Gasteiger partial charge in [0, 0.05) is 13.1 Å². The fraction of sp³-hybridized carbons (Fsp3) is 0.556. The Labute approximate surface area is 143 Å². The lowest BCUT2D eigenvalue weighted by molar-refractivity contribution is 0.116. The van der Waals surface area contributed by atoms with Crippen molar-refractivity contribution in [3.8, 4) is 0 Å². The Morgan fingerprint density at radius 2 is 2.04 bits per heavy atom. The van der Waals surface area contributed by atoms with Gasteiger partial charge in [-0.05, 0) is 24.3 Å². The number of benzene rings is 1. The van der Waals surface area contributed by atoms with Gasteiger partial charge in [-0.1, -0.05) is 50.1 Å². The van der Waals surface area contributed by atoms with Crippen LogP contribution in [0.2, 0.25) is 0 Å². The number of ether oxygens (including phenoxy) is 1. The third kappa shape index (κ3) is 5.76. The summed E-state index contributed by atoms with van der Waals surface area (Å²) in [6.07, 6.45) is 3.67. The van der Waals surface area contributed by atoms with Crippen LogP contribution in [0.4, 0.5) is 9.59 Å². The molecule has 0 saturated carbocycles. The Morgan fingerprint density at radius 3 is 2.71 bits per heavy atom. The van der Waals surface area contributed by atoms with Gasteiger partial charge in [-0.3, -0.25) is 0 Å². The number of urea groups is 1. The van der Waals surface area contributed by atoms with Gasteiger partial charge >= 0.3 is 12.1 Å². The van der Waals surface area contributed by atoms with Crippen molar-refractivity contribution in [2.45, 2.75) is 45.3 Å². The second kappa shape index (κ2) is 9.15. The van der Waals surface area contributed by atoms with Gasteiger partial charge < -0.3 is 20.7 Å². The maximum atomic E-state index is 12.0. The third-order valence-electron chi connectivity index (χ3n) is 4.35. The summed E-state index contributed by atoms with van der Waals surface area (Å²) in [5, 5.41) is 2.87. The number of nitrogens with one attached hydrogen (secondary N) is 1. The molecule has 1 fully saturated rings. The van der Waals surface area contributed by atoms with Crippen LogP contribution >= 0.6 is 0 Å². The number of unbranched alkanes of at least 4 members (excludes halogenated alkanes) is 1. The van der Waals surface area contributed by atoms with Crippen molar-refractivity contribution in [2.24, 2.45) is 11.7 Å². The third-order valence-corrected chi connectivity index (χ3v) is 4.35. The highest BCUT2D eigenvalue weighted by molar-refractivity contribution is 5.72. The molecular weight excluding hydrogens is 306 g/mol. The van der Waals surface area contributed by atoms with Crippen LogP contribution in [0.3, 0.4) is 0 Å². The molecular formula is C18H27N3O3. The van der Waals surface area contributed by atoms with E-state index in [2.05, 4.69) is 12.2 Å². The van der Waals surface area contributed by atoms with E-state index in [9.17, 15) is 9.59 Å². The lowest BCUT2D eigenvalue weighted by atomic mass is 9.90. The summed E-state index contributed by atoms with van der Waals surface area (Å²) in [4.78, 5) is 25.2. The lowest BCUT2D eigenvalue weighted by Gasteiger charge is -2.37. The van der Waals surface area contributed by atoms with Gasteiger partial charge in [0.05, 0.1) is 6.04 Å². The SMILES string of the molecule is CCCCC1CC(NC(=O)OCc2ccccc2)CN(C(N)=O)C1. The summed E-state index contributed by atoms with van der Waals surface area (Å²) in [7, 11) is 0. The maximum absolute atomic E-state index is 12.0. The molecule has 2 atom stereocenters. The van der Waals surface area contributed by atoms with E-state index < -0.39 is 12.1 Å². The minimum atomic E-state index is -0.454. The van der Waals surface area contributed by atoms with E-state index >= 15 is 0 Å². The monoisotopic (exact) mass is 333 g/mol. The van der Waals surface area contributed by atoms with Gasteiger partial charge in [0.2, 0.25) is 0 Å². The van der Waals surface area contributed by atoms with Crippen molar-refractivity contribution in [1.29, 1.82) is 0 Å². The Morgan fingerprint density at radius 1 is 1.29 bits per heavy atom. The maximum Gasteiger partial charge on any atom is 0.407 e. The first kappa shape index (κ1) is 18.1. The highest BCUT2D eigenvalue weighted by atomic mass is 16.5. The number of hydrogen-bond donors (Lipinski definition) is 2. The van der Waals surface area contributed by atoms with Gasteiger partial charge in [0.1, 0.15) is 6.61 Å². The van der Waals surface area contributed by atoms with Crippen LogP contribution in [0, 0.1) is 5.92 Å². The number of likely N-dealkylation sites (tertiary alicyclic amines) is 1. The number of rotatable bonds is 6. The van der Waals surface area contributed by atoms with Crippen LogP contribution in [-0.4, -0.2) is 36.2 Å². The average Bonchev–Trinajstić information content (AvgIpc) is 2.59. The second-order valence-corrected chi connectivity index (χ2v) is 6.39. The number of nitrogens with zero attached hydrogens (tertiary/aromatic N) is 1. The standard InChI is InChI=1S/C18H27N3O3/c1-2-3-7-15-10-16(12-21(11-15)17(19)22)20-18(23)24-13-14-8-5-4-6-9-14/h4-6,8-9,15-16H,2-3,7,10-13H2,1H3,(H2,19,22)(H,20,23). The molecule has 1 aliphatic rings. The number of carbonyl (C=O) groups is 2. The molecule has 1 aromatic rings. The van der Waals surface area contributed by atoms with Crippen LogP contribution in [0.1, 0.15) is 38.2 Å². The Balaban J connectivity index is 1.84. The van der Waals surface area contributed by atoms with Crippen LogP contribution in [0.15, 0.2) is 30.3 Å². The van der Waals surface area contributed by atoms with Gasteiger partial charge in [0.15, 0.2) is 0 Å². The Hall–Kier alpha value is -2.24. The molecule has 24 heavy (non-hydrogen) atoms. The minimum absolute atomic E-state index is 0.114. The molecule has 1 saturated heterocycles. The Kier molecular flexibility index (Phi) is 6.90. The van der Waals surface area contributed by atoms with E-state index in [1.165, 1.54) is 0 Å². The van der Waals surface area contributed by atoms with E-state index in [4.69, 9.17) is 10.5 Å². The molecule has 1 aromatic carbocycles. The van der Waals surface area contributed by atoms with E-state index in [1.54, 1.807) is 4.90 Å². The lowest BCUT2D eigenvalue weighted by Crippen LogP contribution is -2.54. The normalized spacial score (nSPS) is 20.5. The smallest absolute Gasteiger partial charge is 0.407 e. The van der Waals surface area contributed by atoms with Crippen molar-refractivity contribution >= 4 is 12.1 Å². The quantitative estimate of drug-likeness (QED) is 0.839. The molecule has 6 heteroatoms. The van der Waals surface area contributed by atoms with Crippen molar-refractivity contribution in [2.75, 3.05) is 13.1 Å². The molecule has 3 N–H and O–H groups in total. The molecule has 2 unspecified atom stereocenters. The molecule has 132 valence electrons. The first-order valence-electron chi connectivity index (χ1n) is 8.60. The Bertz CT molecular complexity index is 536. The molecule has 3 amide bonds. The van der Waals surface area contributed by atoms with Crippen molar-refractivity contribution in [3.05, 3.63) is 35.9 Å². The molecule has 0 radical (unpaired) electrons. The van der Waals surface area contributed by atoms with E-state index in [1.807, 2.05) is 30.3 Å². The number of nitrogens with two attached hydrogens (primary N) is 1. The predicted molar refractivity (Wildman–Crippen MR) is 92.3 cm³/mol. The average molecular weight is 333 g/mol. The van der Waals surface area contributed by atoms with E-state index in [0.717, 1.165) is 31.2 Å². The predicted octanol–water partition coefficient (Wildman–Crippen LogP) is 2.87. The van der Waals surface area contributed by atoms with Gasteiger partial charge in [0.25, 0.3) is 0 Å². The number of hydrogen-bond acceptors (Lipinski definition) is 3. The number of alkyl carbamates (subject to hydrolysis) is 1. The first-order chi connectivity index (χ1) is 11.6. The largest absolute Gasteiger partial charge is 0.445 e. The highest BCUT2D eigenvalue weighted by Gasteiger charge is 2.29. The number of carbonyl (C=O) groups excluding carboxylic acids is 2. The highest BCUT2D eigenvalue weighted by Crippen LogP contribution is 2.22. The summed E-state index contributed by atoms with van der Waals surface area (Å²) in [5.41, 5.74) is 6.37. The molecule has 0 aliphatic carbocycles. The summed E-state index contributed by atoms with van der Waals surface area (Å²) < 4.78 is 5.26.